The lowest BCUT2D eigenvalue weighted by atomic mass is 10.0. The van der Waals surface area contributed by atoms with Crippen molar-refractivity contribution in [3.8, 4) is 17.0 Å². The maximum atomic E-state index is 10.3. The molecule has 5 rings (SSSR count). The highest BCUT2D eigenvalue weighted by Gasteiger charge is 2.21. The second-order valence-electron chi connectivity index (χ2n) is 7.95. The number of aromatic hydroxyl groups is 1. The number of para-hydroxylation sites is 1. The van der Waals surface area contributed by atoms with Crippen LogP contribution in [0.2, 0.25) is 0 Å². The average molecular weight is 478 g/mol. The molecule has 7 heteroatoms. The van der Waals surface area contributed by atoms with Crippen LogP contribution in [0.1, 0.15) is 18.4 Å². The fourth-order valence-electron chi connectivity index (χ4n) is 4.15. The summed E-state index contributed by atoms with van der Waals surface area (Å²) < 4.78 is 2.65. The van der Waals surface area contributed by atoms with Gasteiger partial charge in [0.15, 0.2) is 5.65 Å². The fourth-order valence-corrected chi connectivity index (χ4v) is 4.50. The van der Waals surface area contributed by atoms with Gasteiger partial charge in [-0.1, -0.05) is 42.5 Å². The maximum absolute atomic E-state index is 10.3. The first-order valence-corrected chi connectivity index (χ1v) is 11.3. The lowest BCUT2D eigenvalue weighted by molar-refractivity contribution is 0.211. The van der Waals surface area contributed by atoms with Crippen molar-refractivity contribution in [2.75, 3.05) is 18.4 Å². The van der Waals surface area contributed by atoms with E-state index in [1.165, 1.54) is 5.56 Å². The van der Waals surface area contributed by atoms with Crippen molar-refractivity contribution in [2.45, 2.75) is 25.4 Å². The van der Waals surface area contributed by atoms with E-state index < -0.39 is 0 Å². The smallest absolute Gasteiger partial charge is 0.172 e. The van der Waals surface area contributed by atoms with Crippen molar-refractivity contribution in [3.05, 3.63) is 76.9 Å². The summed E-state index contributed by atoms with van der Waals surface area (Å²) in [7, 11) is 0. The SMILES string of the molecule is Oc1ccccc1-c1cc(NC2CCN(Cc3ccccc3)CC2)n2ncc(Br)c2n1. The van der Waals surface area contributed by atoms with Crippen molar-refractivity contribution in [3.63, 3.8) is 0 Å². The highest BCUT2D eigenvalue weighted by Crippen LogP contribution is 2.31. The summed E-state index contributed by atoms with van der Waals surface area (Å²) >= 11 is 3.55. The Labute approximate surface area is 189 Å². The van der Waals surface area contributed by atoms with Gasteiger partial charge in [0, 0.05) is 37.3 Å². The first-order valence-electron chi connectivity index (χ1n) is 10.5. The number of fused-ring (bicyclic) bond motifs is 1. The van der Waals surface area contributed by atoms with Crippen molar-refractivity contribution in [1.29, 1.82) is 0 Å². The number of nitrogens with zero attached hydrogens (tertiary/aromatic N) is 4. The third-order valence-corrected chi connectivity index (χ3v) is 6.36. The van der Waals surface area contributed by atoms with Gasteiger partial charge >= 0.3 is 0 Å². The quantitative estimate of drug-likeness (QED) is 0.426. The second kappa shape index (κ2) is 8.69. The topological polar surface area (TPSA) is 65.7 Å². The molecule has 1 saturated heterocycles. The van der Waals surface area contributed by atoms with Crippen LogP contribution in [0, 0.1) is 0 Å². The third kappa shape index (κ3) is 4.29. The average Bonchev–Trinajstić information content (AvgIpc) is 3.17. The molecule has 6 nitrogen and oxygen atoms in total. The molecule has 3 heterocycles. The van der Waals surface area contributed by atoms with E-state index in [9.17, 15) is 5.11 Å². The van der Waals surface area contributed by atoms with Crippen LogP contribution in [0.5, 0.6) is 5.75 Å². The minimum Gasteiger partial charge on any atom is -0.507 e. The van der Waals surface area contributed by atoms with E-state index in [1.807, 2.05) is 28.8 Å². The van der Waals surface area contributed by atoms with Gasteiger partial charge in [0.05, 0.1) is 16.4 Å². The molecular weight excluding hydrogens is 454 g/mol. The first-order chi connectivity index (χ1) is 15.2. The summed E-state index contributed by atoms with van der Waals surface area (Å²) in [4.78, 5) is 7.23. The van der Waals surface area contributed by atoms with Crippen LogP contribution in [0.25, 0.3) is 16.9 Å². The van der Waals surface area contributed by atoms with E-state index in [1.54, 1.807) is 12.3 Å². The Morgan fingerprint density at radius 3 is 2.55 bits per heavy atom. The molecule has 2 N–H and O–H groups in total. The fraction of sp³-hybridized carbons (Fsp3) is 0.250. The van der Waals surface area contributed by atoms with Gasteiger partial charge in [0.2, 0.25) is 0 Å². The predicted octanol–water partition coefficient (Wildman–Crippen LogP) is 4.94. The lowest BCUT2D eigenvalue weighted by Crippen LogP contribution is -2.39. The Morgan fingerprint density at radius 1 is 1.03 bits per heavy atom. The van der Waals surface area contributed by atoms with Crippen molar-refractivity contribution in [1.82, 2.24) is 19.5 Å². The van der Waals surface area contributed by atoms with Gasteiger partial charge in [-0.2, -0.15) is 9.61 Å². The molecule has 158 valence electrons. The highest BCUT2D eigenvalue weighted by atomic mass is 79.9. The molecule has 31 heavy (non-hydrogen) atoms. The summed E-state index contributed by atoms with van der Waals surface area (Å²) in [5.74, 6) is 1.10. The number of halogens is 1. The van der Waals surface area contributed by atoms with Crippen molar-refractivity contribution >= 4 is 27.4 Å². The Morgan fingerprint density at radius 2 is 1.77 bits per heavy atom. The number of hydrogen-bond donors (Lipinski definition) is 2. The van der Waals surface area contributed by atoms with Crippen LogP contribution in [0.15, 0.2) is 71.3 Å². The molecule has 0 amide bonds. The number of anilines is 1. The van der Waals surface area contributed by atoms with Crippen LogP contribution < -0.4 is 5.32 Å². The largest absolute Gasteiger partial charge is 0.507 e. The molecule has 1 aliphatic heterocycles. The number of aromatic nitrogens is 3. The normalized spacial score (nSPS) is 15.4. The van der Waals surface area contributed by atoms with Crippen LogP contribution in [-0.2, 0) is 6.54 Å². The molecule has 0 aliphatic carbocycles. The van der Waals surface area contributed by atoms with E-state index in [4.69, 9.17) is 4.98 Å². The minimum atomic E-state index is 0.218. The standard InChI is InChI=1S/C24H24BrN5O/c25-20-15-26-30-23(14-21(28-24(20)30)19-8-4-5-9-22(19)31)27-18-10-12-29(13-11-18)16-17-6-2-1-3-7-17/h1-9,14-15,18,27,31H,10-13,16H2. The van der Waals surface area contributed by atoms with Crippen LogP contribution in [0.4, 0.5) is 5.82 Å². The van der Waals surface area contributed by atoms with Gasteiger partial charge in [0.25, 0.3) is 0 Å². The van der Waals surface area contributed by atoms with Crippen LogP contribution in [-0.4, -0.2) is 43.7 Å². The lowest BCUT2D eigenvalue weighted by Gasteiger charge is -2.33. The molecule has 2 aromatic carbocycles. The monoisotopic (exact) mass is 477 g/mol. The number of phenolic OH excluding ortho intramolecular Hbond substituents is 1. The van der Waals surface area contributed by atoms with E-state index in [0.29, 0.717) is 11.6 Å². The highest BCUT2D eigenvalue weighted by molar-refractivity contribution is 9.10. The number of piperidine rings is 1. The molecule has 0 atom stereocenters. The summed E-state index contributed by atoms with van der Waals surface area (Å²) in [6, 6.07) is 20.2. The Hall–Kier alpha value is -2.90. The molecule has 1 fully saturated rings. The summed E-state index contributed by atoms with van der Waals surface area (Å²) in [5.41, 5.74) is 3.51. The maximum Gasteiger partial charge on any atom is 0.172 e. The summed E-state index contributed by atoms with van der Waals surface area (Å²) in [5, 5.41) is 18.5. The number of nitrogens with one attached hydrogen (secondary N) is 1. The number of benzene rings is 2. The first kappa shape index (κ1) is 20.0. The van der Waals surface area contributed by atoms with Gasteiger partial charge in [0.1, 0.15) is 11.6 Å². The Balaban J connectivity index is 1.35. The van der Waals surface area contributed by atoms with E-state index in [2.05, 4.69) is 61.6 Å². The third-order valence-electron chi connectivity index (χ3n) is 5.80. The molecule has 0 saturated carbocycles. The number of rotatable bonds is 5. The zero-order valence-electron chi connectivity index (χ0n) is 17.1. The number of hydrogen-bond acceptors (Lipinski definition) is 5. The molecule has 0 spiro atoms. The van der Waals surface area contributed by atoms with E-state index in [0.717, 1.165) is 54.1 Å². The molecule has 2 aromatic heterocycles. The molecule has 0 bridgehead atoms. The van der Waals surface area contributed by atoms with Crippen LogP contribution >= 0.6 is 15.9 Å². The van der Waals surface area contributed by atoms with Gasteiger partial charge in [-0.3, -0.25) is 4.90 Å². The van der Waals surface area contributed by atoms with Gasteiger partial charge in [-0.15, -0.1) is 0 Å². The van der Waals surface area contributed by atoms with Crippen molar-refractivity contribution < 1.29 is 5.11 Å². The van der Waals surface area contributed by atoms with Crippen molar-refractivity contribution in [2.24, 2.45) is 0 Å². The van der Waals surface area contributed by atoms with Gasteiger partial charge < -0.3 is 10.4 Å². The number of phenols is 1. The van der Waals surface area contributed by atoms with Gasteiger partial charge in [-0.25, -0.2) is 4.98 Å². The zero-order chi connectivity index (χ0) is 21.2. The molecule has 0 radical (unpaired) electrons. The van der Waals surface area contributed by atoms with E-state index in [-0.39, 0.29) is 5.75 Å². The number of likely N-dealkylation sites (tertiary alicyclic amines) is 1. The van der Waals surface area contributed by atoms with Crippen LogP contribution in [0.3, 0.4) is 0 Å². The van der Waals surface area contributed by atoms with E-state index >= 15 is 0 Å². The summed E-state index contributed by atoms with van der Waals surface area (Å²) in [6.45, 7) is 3.10. The Kier molecular flexibility index (Phi) is 5.61. The summed E-state index contributed by atoms with van der Waals surface area (Å²) in [6.07, 6.45) is 3.88. The molecule has 4 aromatic rings. The van der Waals surface area contributed by atoms with Gasteiger partial charge in [-0.05, 0) is 46.5 Å². The molecular formula is C24H24BrN5O. The Bertz CT molecular complexity index is 1190. The predicted molar refractivity (Wildman–Crippen MR) is 126 cm³/mol. The second-order valence-corrected chi connectivity index (χ2v) is 8.81. The zero-order valence-corrected chi connectivity index (χ0v) is 18.7. The minimum absolute atomic E-state index is 0.218. The molecule has 1 aliphatic rings. The molecule has 0 unspecified atom stereocenters.